The lowest BCUT2D eigenvalue weighted by Gasteiger charge is -2.33. The van der Waals surface area contributed by atoms with Gasteiger partial charge in [-0.15, -0.1) is 0 Å². The normalized spacial score (nSPS) is 19.0. The molecule has 0 unspecified atom stereocenters. The average Bonchev–Trinajstić information content (AvgIpc) is 2.68. The molecule has 0 atom stereocenters. The van der Waals surface area contributed by atoms with Crippen LogP contribution in [0.3, 0.4) is 0 Å². The van der Waals surface area contributed by atoms with Crippen molar-refractivity contribution < 1.29 is 8.42 Å². The predicted molar refractivity (Wildman–Crippen MR) is 105 cm³/mol. The Hall–Kier alpha value is -1.91. The number of hydrogen-bond acceptors (Lipinski definition) is 3. The molecule has 0 aromatic heterocycles. The second-order valence-electron chi connectivity index (χ2n) is 7.41. The molecule has 1 fully saturated rings. The fourth-order valence-corrected chi connectivity index (χ4v) is 5.49. The number of benzene rings is 2. The fourth-order valence-electron chi connectivity index (χ4n) is 4.16. The van der Waals surface area contributed by atoms with Gasteiger partial charge in [-0.1, -0.05) is 30.3 Å². The molecule has 2 aliphatic rings. The van der Waals surface area contributed by atoms with Crippen LogP contribution in [0.25, 0.3) is 5.57 Å². The van der Waals surface area contributed by atoms with Crippen molar-refractivity contribution in [3.8, 4) is 0 Å². The smallest absolute Gasteiger partial charge is 0.206 e. The zero-order valence-corrected chi connectivity index (χ0v) is 16.0. The monoisotopic (exact) mass is 367 g/mol. The number of likely N-dealkylation sites (tertiary alicyclic amines) is 1. The Kier molecular flexibility index (Phi) is 4.72. The standard InChI is InChI=1S/C22H25NO2S/c1-23-14-12-17(13-15-23)21-9-5-6-18-16-20(10-11-22(18)21)26(24,25)19-7-3-2-4-8-19/h2-4,7-11,16-17H,5-6,12-15H2,1H3. The second kappa shape index (κ2) is 7.01. The molecule has 0 N–H and O–H groups in total. The van der Waals surface area contributed by atoms with Crippen LogP contribution in [0.4, 0.5) is 0 Å². The van der Waals surface area contributed by atoms with Gasteiger partial charge in [0.05, 0.1) is 9.79 Å². The summed E-state index contributed by atoms with van der Waals surface area (Å²) in [5.74, 6) is 0.599. The summed E-state index contributed by atoms with van der Waals surface area (Å²) in [4.78, 5) is 3.16. The fraction of sp³-hybridized carbons (Fsp3) is 0.364. The summed E-state index contributed by atoms with van der Waals surface area (Å²) in [6, 6.07) is 14.4. The summed E-state index contributed by atoms with van der Waals surface area (Å²) in [7, 11) is -1.27. The molecule has 3 nitrogen and oxygen atoms in total. The molecule has 4 heteroatoms. The Morgan fingerprint density at radius 3 is 2.42 bits per heavy atom. The highest BCUT2D eigenvalue weighted by Gasteiger charge is 2.26. The third-order valence-electron chi connectivity index (χ3n) is 5.69. The van der Waals surface area contributed by atoms with Gasteiger partial charge in [0, 0.05) is 0 Å². The van der Waals surface area contributed by atoms with E-state index in [0.717, 1.165) is 25.9 Å². The van der Waals surface area contributed by atoms with Gasteiger partial charge in [0.15, 0.2) is 0 Å². The summed E-state index contributed by atoms with van der Waals surface area (Å²) in [6.45, 7) is 2.27. The van der Waals surface area contributed by atoms with Gasteiger partial charge in [-0.3, -0.25) is 0 Å². The van der Waals surface area contributed by atoms with Gasteiger partial charge in [-0.05, 0) is 92.7 Å². The first-order chi connectivity index (χ1) is 12.6. The van der Waals surface area contributed by atoms with Crippen molar-refractivity contribution in [1.82, 2.24) is 4.90 Å². The van der Waals surface area contributed by atoms with E-state index in [9.17, 15) is 8.42 Å². The Labute approximate surface area is 156 Å². The van der Waals surface area contributed by atoms with Crippen molar-refractivity contribution in [1.29, 1.82) is 0 Å². The van der Waals surface area contributed by atoms with Gasteiger partial charge in [-0.2, -0.15) is 0 Å². The molecule has 2 aromatic rings. The van der Waals surface area contributed by atoms with Crippen molar-refractivity contribution in [2.24, 2.45) is 5.92 Å². The summed E-state index contributed by atoms with van der Waals surface area (Å²) >= 11 is 0. The lowest BCUT2D eigenvalue weighted by Crippen LogP contribution is -2.31. The lowest BCUT2D eigenvalue weighted by atomic mass is 9.79. The quantitative estimate of drug-likeness (QED) is 0.816. The minimum absolute atomic E-state index is 0.363. The van der Waals surface area contributed by atoms with Gasteiger partial charge in [0.25, 0.3) is 0 Å². The summed E-state index contributed by atoms with van der Waals surface area (Å²) < 4.78 is 25.8. The molecule has 0 spiro atoms. The first-order valence-corrected chi connectivity index (χ1v) is 10.9. The van der Waals surface area contributed by atoms with Crippen molar-refractivity contribution >= 4 is 15.4 Å². The maximum absolute atomic E-state index is 12.9. The Morgan fingerprint density at radius 2 is 1.69 bits per heavy atom. The number of nitrogens with zero attached hydrogens (tertiary/aromatic N) is 1. The van der Waals surface area contributed by atoms with Gasteiger partial charge in [-0.25, -0.2) is 8.42 Å². The number of aryl methyl sites for hydroxylation is 1. The first-order valence-electron chi connectivity index (χ1n) is 9.38. The molecule has 0 saturated carbocycles. The summed E-state index contributed by atoms with van der Waals surface area (Å²) in [5.41, 5.74) is 3.87. The van der Waals surface area contributed by atoms with Crippen LogP contribution in [0.5, 0.6) is 0 Å². The van der Waals surface area contributed by atoms with E-state index in [4.69, 9.17) is 0 Å². The van der Waals surface area contributed by atoms with E-state index in [0.29, 0.717) is 15.7 Å². The minimum Gasteiger partial charge on any atom is -0.306 e. The Balaban J connectivity index is 1.67. The SMILES string of the molecule is CN1CCC(C2=CCCc3cc(S(=O)(=O)c4ccccc4)ccc32)CC1. The molecule has 0 radical (unpaired) electrons. The van der Waals surface area contributed by atoms with Crippen LogP contribution in [0.15, 0.2) is 64.4 Å². The second-order valence-corrected chi connectivity index (χ2v) is 9.36. The van der Waals surface area contributed by atoms with Crippen LogP contribution in [0.1, 0.15) is 30.4 Å². The Morgan fingerprint density at radius 1 is 0.962 bits per heavy atom. The van der Waals surface area contributed by atoms with E-state index in [2.05, 4.69) is 18.0 Å². The predicted octanol–water partition coefficient (Wildman–Crippen LogP) is 4.19. The minimum atomic E-state index is -3.45. The topological polar surface area (TPSA) is 37.4 Å². The highest BCUT2D eigenvalue weighted by atomic mass is 32.2. The largest absolute Gasteiger partial charge is 0.306 e. The number of rotatable bonds is 3. The first kappa shape index (κ1) is 17.5. The van der Waals surface area contributed by atoms with Gasteiger partial charge >= 0.3 is 0 Å². The Bertz CT molecular complexity index is 924. The third kappa shape index (κ3) is 3.24. The van der Waals surface area contributed by atoms with Crippen molar-refractivity contribution in [2.75, 3.05) is 20.1 Å². The van der Waals surface area contributed by atoms with Crippen LogP contribution in [-0.2, 0) is 16.3 Å². The molecule has 1 heterocycles. The molecule has 0 bridgehead atoms. The number of fused-ring (bicyclic) bond motifs is 1. The third-order valence-corrected chi connectivity index (χ3v) is 7.46. The van der Waals surface area contributed by atoms with E-state index in [-0.39, 0.29) is 0 Å². The van der Waals surface area contributed by atoms with Crippen LogP contribution in [0, 0.1) is 5.92 Å². The van der Waals surface area contributed by atoms with Crippen molar-refractivity contribution in [3.63, 3.8) is 0 Å². The number of allylic oxidation sites excluding steroid dienone is 2. The lowest BCUT2D eigenvalue weighted by molar-refractivity contribution is 0.248. The zero-order valence-electron chi connectivity index (χ0n) is 15.2. The average molecular weight is 368 g/mol. The molecule has 1 aliphatic heterocycles. The molecule has 1 aliphatic carbocycles. The summed E-state index contributed by atoms with van der Waals surface area (Å²) in [5, 5.41) is 0. The molecule has 26 heavy (non-hydrogen) atoms. The number of hydrogen-bond donors (Lipinski definition) is 0. The number of sulfone groups is 1. The molecule has 0 amide bonds. The molecular weight excluding hydrogens is 342 g/mol. The van der Waals surface area contributed by atoms with E-state index in [1.807, 2.05) is 18.2 Å². The highest BCUT2D eigenvalue weighted by Crippen LogP contribution is 2.38. The molecule has 136 valence electrons. The molecule has 4 rings (SSSR count). The van der Waals surface area contributed by atoms with Crippen molar-refractivity contribution in [2.45, 2.75) is 35.5 Å². The van der Waals surface area contributed by atoms with Crippen LogP contribution < -0.4 is 0 Å². The summed E-state index contributed by atoms with van der Waals surface area (Å²) in [6.07, 6.45) is 6.68. The van der Waals surface area contributed by atoms with Crippen molar-refractivity contribution in [3.05, 3.63) is 65.7 Å². The van der Waals surface area contributed by atoms with E-state index < -0.39 is 9.84 Å². The maximum atomic E-state index is 12.9. The van der Waals surface area contributed by atoms with Gasteiger partial charge in [0.2, 0.25) is 9.84 Å². The van der Waals surface area contributed by atoms with E-state index in [1.165, 1.54) is 29.5 Å². The maximum Gasteiger partial charge on any atom is 0.206 e. The highest BCUT2D eigenvalue weighted by molar-refractivity contribution is 7.91. The zero-order chi connectivity index (χ0) is 18.1. The van der Waals surface area contributed by atoms with E-state index in [1.54, 1.807) is 30.3 Å². The molecule has 2 aromatic carbocycles. The van der Waals surface area contributed by atoms with Crippen LogP contribution >= 0.6 is 0 Å². The van der Waals surface area contributed by atoms with Gasteiger partial charge < -0.3 is 4.90 Å². The van der Waals surface area contributed by atoms with Crippen LogP contribution in [0.2, 0.25) is 0 Å². The van der Waals surface area contributed by atoms with Gasteiger partial charge in [0.1, 0.15) is 0 Å². The molecule has 1 saturated heterocycles. The molecular formula is C22H25NO2S. The number of piperidine rings is 1. The van der Waals surface area contributed by atoms with Crippen LogP contribution in [-0.4, -0.2) is 33.5 Å². The van der Waals surface area contributed by atoms with E-state index >= 15 is 0 Å².